The van der Waals surface area contributed by atoms with Gasteiger partial charge in [0.15, 0.2) is 0 Å². The zero-order chi connectivity index (χ0) is 14.6. The van der Waals surface area contributed by atoms with Crippen LogP contribution in [0.15, 0.2) is 0 Å². The number of nitrogens with one attached hydrogen (secondary N) is 1. The first-order chi connectivity index (χ1) is 9.47. The van der Waals surface area contributed by atoms with Crippen LogP contribution in [-0.2, 0) is 0 Å². The van der Waals surface area contributed by atoms with E-state index in [1.807, 2.05) is 0 Å². The Morgan fingerprint density at radius 2 is 1.55 bits per heavy atom. The summed E-state index contributed by atoms with van der Waals surface area (Å²) in [4.78, 5) is 7.55. The summed E-state index contributed by atoms with van der Waals surface area (Å²) in [7, 11) is 4.47. The van der Waals surface area contributed by atoms with Crippen LogP contribution >= 0.6 is 0 Å². The summed E-state index contributed by atoms with van der Waals surface area (Å²) in [5, 5.41) is 3.85. The zero-order valence-corrected chi connectivity index (χ0v) is 14.0. The summed E-state index contributed by atoms with van der Waals surface area (Å²) >= 11 is 0. The number of hydrogen-bond acceptors (Lipinski definition) is 4. The molecule has 4 nitrogen and oxygen atoms in total. The molecule has 118 valence electrons. The van der Waals surface area contributed by atoms with Crippen molar-refractivity contribution in [2.75, 3.05) is 59.9 Å². The normalized spacial score (nSPS) is 28.5. The Morgan fingerprint density at radius 1 is 0.900 bits per heavy atom. The second-order valence-electron chi connectivity index (χ2n) is 7.41. The van der Waals surface area contributed by atoms with Crippen LogP contribution in [0, 0.1) is 0 Å². The van der Waals surface area contributed by atoms with E-state index in [1.54, 1.807) is 0 Å². The van der Waals surface area contributed by atoms with Crippen LogP contribution in [0.2, 0.25) is 0 Å². The lowest BCUT2D eigenvalue weighted by atomic mass is 10.00. The van der Waals surface area contributed by atoms with E-state index < -0.39 is 0 Å². The lowest BCUT2D eigenvalue weighted by Crippen LogP contribution is -2.58. The molecule has 2 rings (SSSR count). The van der Waals surface area contributed by atoms with Gasteiger partial charge in [-0.2, -0.15) is 0 Å². The molecule has 0 bridgehead atoms. The predicted molar refractivity (Wildman–Crippen MR) is 86.3 cm³/mol. The summed E-state index contributed by atoms with van der Waals surface area (Å²) in [5.74, 6) is 0. The van der Waals surface area contributed by atoms with Gasteiger partial charge in [-0.15, -0.1) is 0 Å². The number of piperazine rings is 1. The summed E-state index contributed by atoms with van der Waals surface area (Å²) < 4.78 is 0. The lowest BCUT2D eigenvalue weighted by molar-refractivity contribution is 0.0598. The van der Waals surface area contributed by atoms with Crippen LogP contribution in [0.5, 0.6) is 0 Å². The van der Waals surface area contributed by atoms with Crippen molar-refractivity contribution in [3.63, 3.8) is 0 Å². The minimum atomic E-state index is 0.277. The molecular formula is C16H34N4. The van der Waals surface area contributed by atoms with E-state index in [0.29, 0.717) is 6.04 Å². The van der Waals surface area contributed by atoms with E-state index in [2.05, 4.69) is 48.0 Å². The van der Waals surface area contributed by atoms with Crippen molar-refractivity contribution in [2.45, 2.75) is 44.7 Å². The van der Waals surface area contributed by atoms with Gasteiger partial charge in [0.1, 0.15) is 0 Å². The number of likely N-dealkylation sites (N-methyl/N-ethyl adjacent to an activating group) is 1. The van der Waals surface area contributed by atoms with Gasteiger partial charge in [-0.1, -0.05) is 0 Å². The van der Waals surface area contributed by atoms with Crippen molar-refractivity contribution in [1.29, 1.82) is 0 Å². The molecule has 4 heteroatoms. The van der Waals surface area contributed by atoms with E-state index >= 15 is 0 Å². The molecule has 2 heterocycles. The lowest BCUT2D eigenvalue weighted by Gasteiger charge is -2.44. The van der Waals surface area contributed by atoms with Crippen molar-refractivity contribution in [2.24, 2.45) is 0 Å². The zero-order valence-electron chi connectivity index (χ0n) is 14.0. The Balaban J connectivity index is 1.76. The van der Waals surface area contributed by atoms with Gasteiger partial charge >= 0.3 is 0 Å². The predicted octanol–water partition coefficient (Wildman–Crippen LogP) is 1.09. The van der Waals surface area contributed by atoms with Crippen LogP contribution in [-0.4, -0.2) is 86.2 Å². The van der Waals surface area contributed by atoms with E-state index in [0.717, 1.165) is 6.54 Å². The van der Waals surface area contributed by atoms with Crippen LogP contribution in [0.25, 0.3) is 0 Å². The molecule has 1 atom stereocenters. The minimum Gasteiger partial charge on any atom is -0.312 e. The fourth-order valence-corrected chi connectivity index (χ4v) is 3.36. The van der Waals surface area contributed by atoms with E-state index in [1.165, 1.54) is 58.5 Å². The maximum atomic E-state index is 3.85. The Morgan fingerprint density at radius 3 is 2.25 bits per heavy atom. The molecule has 1 unspecified atom stereocenters. The maximum absolute atomic E-state index is 3.85. The highest BCUT2D eigenvalue weighted by atomic mass is 15.3. The van der Waals surface area contributed by atoms with Crippen LogP contribution in [0.4, 0.5) is 0 Å². The molecule has 20 heavy (non-hydrogen) atoms. The Labute approximate surface area is 125 Å². The Kier molecular flexibility index (Phi) is 5.84. The molecule has 1 N–H and O–H groups in total. The molecule has 2 aliphatic heterocycles. The highest BCUT2D eigenvalue weighted by Gasteiger charge is 2.29. The summed E-state index contributed by atoms with van der Waals surface area (Å²) in [5.41, 5.74) is 0.277. The third-order valence-electron chi connectivity index (χ3n) is 5.13. The van der Waals surface area contributed by atoms with Gasteiger partial charge in [0.2, 0.25) is 0 Å². The van der Waals surface area contributed by atoms with Gasteiger partial charge in [-0.05, 0) is 60.3 Å². The maximum Gasteiger partial charge on any atom is 0.0278 e. The van der Waals surface area contributed by atoms with Gasteiger partial charge in [0.05, 0.1) is 0 Å². The van der Waals surface area contributed by atoms with Gasteiger partial charge in [-0.3, -0.25) is 4.90 Å². The van der Waals surface area contributed by atoms with Crippen molar-refractivity contribution < 1.29 is 0 Å². The van der Waals surface area contributed by atoms with Gasteiger partial charge in [0.25, 0.3) is 0 Å². The Bertz CT molecular complexity index is 284. The highest BCUT2D eigenvalue weighted by molar-refractivity contribution is 4.88. The first kappa shape index (κ1) is 16.2. The van der Waals surface area contributed by atoms with E-state index in [-0.39, 0.29) is 5.54 Å². The quantitative estimate of drug-likeness (QED) is 0.833. The number of likely N-dealkylation sites (tertiary alicyclic amines) is 1. The second kappa shape index (κ2) is 7.21. The smallest absolute Gasteiger partial charge is 0.0278 e. The molecule has 2 aliphatic rings. The molecule has 0 aromatic heterocycles. The van der Waals surface area contributed by atoms with Crippen molar-refractivity contribution in [3.05, 3.63) is 0 Å². The Hall–Kier alpha value is -0.160. The first-order valence-electron chi connectivity index (χ1n) is 8.33. The topological polar surface area (TPSA) is 21.8 Å². The molecule has 0 saturated carbocycles. The first-order valence-corrected chi connectivity index (χ1v) is 8.33. The number of rotatable bonds is 4. The van der Waals surface area contributed by atoms with Gasteiger partial charge in [0, 0.05) is 44.3 Å². The molecule has 2 saturated heterocycles. The monoisotopic (exact) mass is 282 g/mol. The molecule has 0 amide bonds. The van der Waals surface area contributed by atoms with Crippen molar-refractivity contribution in [1.82, 2.24) is 20.0 Å². The van der Waals surface area contributed by atoms with Gasteiger partial charge in [-0.25, -0.2) is 0 Å². The molecule has 2 fully saturated rings. The van der Waals surface area contributed by atoms with Crippen molar-refractivity contribution in [3.8, 4) is 0 Å². The molecule has 0 radical (unpaired) electrons. The second-order valence-corrected chi connectivity index (χ2v) is 7.41. The number of hydrogen-bond donors (Lipinski definition) is 1. The summed E-state index contributed by atoms with van der Waals surface area (Å²) in [6, 6.07) is 0.715. The fourth-order valence-electron chi connectivity index (χ4n) is 3.36. The standard InChI is InChI=1S/C16H34N4/c1-16(2,20-12-10-19(4)11-13-20)14-17-15-6-5-8-18(3)9-7-15/h15,17H,5-14H2,1-4H3. The van der Waals surface area contributed by atoms with Crippen LogP contribution < -0.4 is 5.32 Å². The third-order valence-corrected chi connectivity index (χ3v) is 5.13. The molecule has 0 aliphatic carbocycles. The SMILES string of the molecule is CN1CCCC(NCC(C)(C)N2CCN(C)CC2)CC1. The molecule has 0 spiro atoms. The van der Waals surface area contributed by atoms with Crippen LogP contribution in [0.3, 0.4) is 0 Å². The van der Waals surface area contributed by atoms with E-state index in [4.69, 9.17) is 0 Å². The third kappa shape index (κ3) is 4.69. The van der Waals surface area contributed by atoms with E-state index in [9.17, 15) is 0 Å². The van der Waals surface area contributed by atoms with Gasteiger partial charge < -0.3 is 15.1 Å². The largest absolute Gasteiger partial charge is 0.312 e. The molecule has 0 aromatic carbocycles. The average molecular weight is 282 g/mol. The number of nitrogens with zero attached hydrogens (tertiary/aromatic N) is 3. The van der Waals surface area contributed by atoms with Crippen LogP contribution in [0.1, 0.15) is 33.1 Å². The fraction of sp³-hybridized carbons (Fsp3) is 1.00. The molecule has 0 aromatic rings. The van der Waals surface area contributed by atoms with Crippen molar-refractivity contribution >= 4 is 0 Å². The summed E-state index contributed by atoms with van der Waals surface area (Å²) in [6.07, 6.45) is 3.97. The minimum absolute atomic E-state index is 0.277. The molecular weight excluding hydrogens is 248 g/mol. The summed E-state index contributed by atoms with van der Waals surface area (Å²) in [6.45, 7) is 13.2. The average Bonchev–Trinajstić information content (AvgIpc) is 2.62. The highest BCUT2D eigenvalue weighted by Crippen LogP contribution is 2.17.